The normalized spacial score (nSPS) is 19.0. The number of urea groups is 1. The zero-order chi connectivity index (χ0) is 30.0. The predicted molar refractivity (Wildman–Crippen MR) is 168 cm³/mol. The van der Waals surface area contributed by atoms with Crippen molar-refractivity contribution in [3.05, 3.63) is 80.6 Å². The Morgan fingerprint density at radius 2 is 1.90 bits per heavy atom. The van der Waals surface area contributed by atoms with Gasteiger partial charge in [-0.1, -0.05) is 17.7 Å². The number of aryl methyl sites for hydroxylation is 4. The van der Waals surface area contributed by atoms with Crippen molar-refractivity contribution < 1.29 is 9.59 Å². The largest absolute Gasteiger partial charge is 0.354 e. The number of rotatable bonds is 6. The van der Waals surface area contributed by atoms with Crippen LogP contribution in [0.15, 0.2) is 47.3 Å². The topological polar surface area (TPSA) is 95.4 Å². The first kappa shape index (κ1) is 30.5. The highest BCUT2D eigenvalue weighted by Crippen LogP contribution is 2.38. The molecule has 0 bridgehead atoms. The fourth-order valence-corrected chi connectivity index (χ4v) is 6.47. The first-order chi connectivity index (χ1) is 20.0. The van der Waals surface area contributed by atoms with Crippen LogP contribution in [0.2, 0.25) is 5.02 Å². The van der Waals surface area contributed by atoms with Gasteiger partial charge < -0.3 is 20.1 Å². The van der Waals surface area contributed by atoms with Gasteiger partial charge in [-0.15, -0.1) is 0 Å². The minimum absolute atomic E-state index is 0.153. The molecule has 0 spiro atoms. The third-order valence-electron chi connectivity index (χ3n) is 7.91. The van der Waals surface area contributed by atoms with Crippen molar-refractivity contribution in [2.75, 3.05) is 26.2 Å². The smallest absolute Gasteiger partial charge is 0.318 e. The van der Waals surface area contributed by atoms with E-state index in [1.54, 1.807) is 11.1 Å². The first-order valence-electron chi connectivity index (χ1n) is 14.5. The second-order valence-corrected chi connectivity index (χ2v) is 13.5. The average molecular weight is 657 g/mol. The lowest BCUT2D eigenvalue weighted by molar-refractivity contribution is -0.127. The summed E-state index contributed by atoms with van der Waals surface area (Å²) in [5.41, 5.74) is 4.07. The van der Waals surface area contributed by atoms with Gasteiger partial charge in [0.1, 0.15) is 11.9 Å². The molecular weight excluding hydrogens is 618 g/mol. The number of hydrogen-bond donors (Lipinski definition) is 2. The van der Waals surface area contributed by atoms with E-state index in [-0.39, 0.29) is 18.0 Å². The number of aromatic nitrogens is 3. The lowest BCUT2D eigenvalue weighted by Gasteiger charge is -2.44. The summed E-state index contributed by atoms with van der Waals surface area (Å²) >= 11 is 10.0. The molecule has 2 aliphatic rings. The fourth-order valence-electron chi connectivity index (χ4n) is 5.90. The lowest BCUT2D eigenvalue weighted by Crippen LogP contribution is -2.64. The van der Waals surface area contributed by atoms with E-state index in [4.69, 9.17) is 16.6 Å². The van der Waals surface area contributed by atoms with E-state index < -0.39 is 11.6 Å². The van der Waals surface area contributed by atoms with Crippen molar-refractivity contribution in [2.45, 2.75) is 71.1 Å². The van der Waals surface area contributed by atoms with Crippen LogP contribution in [0.4, 0.5) is 4.79 Å². The fraction of sp³-hybridized carbons (Fsp3) is 0.484. The zero-order valence-electron chi connectivity index (χ0n) is 24.7. The van der Waals surface area contributed by atoms with Crippen LogP contribution in [0.1, 0.15) is 61.4 Å². The zero-order valence-corrected chi connectivity index (χ0v) is 27.0. The van der Waals surface area contributed by atoms with Gasteiger partial charge in [-0.05, 0) is 97.8 Å². The number of halogens is 2. The van der Waals surface area contributed by atoms with Crippen LogP contribution in [0.3, 0.4) is 0 Å². The maximum absolute atomic E-state index is 13.8. The molecule has 1 aromatic carbocycles. The molecule has 1 fully saturated rings. The molecule has 5 rings (SSSR count). The molecule has 2 aromatic heterocycles. The molecule has 2 N–H and O–H groups in total. The van der Waals surface area contributed by atoms with Gasteiger partial charge in [-0.2, -0.15) is 0 Å². The highest BCUT2D eigenvalue weighted by atomic mass is 79.9. The third-order valence-corrected chi connectivity index (χ3v) is 8.58. The number of amides is 3. The number of piperazine rings is 1. The quantitative estimate of drug-likeness (QED) is 0.369. The summed E-state index contributed by atoms with van der Waals surface area (Å²) < 4.78 is 3.01. The highest BCUT2D eigenvalue weighted by molar-refractivity contribution is 9.10. The number of pyridine rings is 1. The van der Waals surface area contributed by atoms with Gasteiger partial charge in [-0.25, -0.2) is 9.78 Å². The number of nitrogens with zero attached hydrogens (tertiary/aromatic N) is 5. The number of nitrogens with one attached hydrogen (secondary N) is 2. The summed E-state index contributed by atoms with van der Waals surface area (Å²) in [6.45, 7) is 10.5. The van der Waals surface area contributed by atoms with Crippen molar-refractivity contribution in [3.8, 4) is 0 Å². The van der Waals surface area contributed by atoms with E-state index in [9.17, 15) is 9.59 Å². The average Bonchev–Trinajstić information content (AvgIpc) is 3.27. The first-order valence-corrected chi connectivity index (χ1v) is 15.7. The second kappa shape index (κ2) is 12.7. The van der Waals surface area contributed by atoms with Crippen LogP contribution < -0.4 is 10.6 Å². The third kappa shape index (κ3) is 6.98. The van der Waals surface area contributed by atoms with Gasteiger partial charge in [0.05, 0.1) is 11.7 Å². The van der Waals surface area contributed by atoms with Crippen molar-refractivity contribution in [1.29, 1.82) is 0 Å². The van der Waals surface area contributed by atoms with Gasteiger partial charge in [-0.3, -0.25) is 14.7 Å². The minimum atomic E-state index is -0.658. The maximum atomic E-state index is 13.8. The van der Waals surface area contributed by atoms with Crippen LogP contribution >= 0.6 is 27.5 Å². The molecule has 9 nitrogen and oxygen atoms in total. The molecule has 3 heterocycles. The molecule has 0 radical (unpaired) electrons. The lowest BCUT2D eigenvalue weighted by atomic mass is 9.95. The molecule has 11 heteroatoms. The molecule has 224 valence electrons. The Morgan fingerprint density at radius 3 is 2.64 bits per heavy atom. The Kier molecular flexibility index (Phi) is 9.25. The van der Waals surface area contributed by atoms with Crippen LogP contribution in [0.25, 0.3) is 0 Å². The van der Waals surface area contributed by atoms with Gasteiger partial charge in [0.2, 0.25) is 5.91 Å². The number of hydrogen-bond acceptors (Lipinski definition) is 5. The molecule has 2 atom stereocenters. The van der Waals surface area contributed by atoms with Crippen LogP contribution in [0, 0.1) is 6.92 Å². The minimum Gasteiger partial charge on any atom is -0.354 e. The second-order valence-electron chi connectivity index (χ2n) is 12.1. The molecular formula is C31H39BrClN7O2. The molecule has 1 unspecified atom stereocenters. The Balaban J connectivity index is 1.41. The number of imidazole rings is 1. The standard InChI is InChI=1S/C31H39BrClN7O2/c1-20-34-11-13-38(20)12-5-10-35-29(41)26-19-39(14-15-40(26)30(42)37-31(2,3)4)28-25-9-8-24(33)17-21(25)6-7-22-16-23(32)18-36-27(22)28/h8-9,11,13,16-18,26,28H,5-7,10,12,14-15,19H2,1-4H3,(H,35,41)(H,37,42)/t26-,28?/m1/s1. The van der Waals surface area contributed by atoms with E-state index in [0.29, 0.717) is 31.2 Å². The number of carbonyl (C=O) groups is 2. The molecule has 1 aliphatic heterocycles. The molecule has 0 saturated carbocycles. The Labute approximate surface area is 261 Å². The Bertz CT molecular complexity index is 1400. The van der Waals surface area contributed by atoms with Crippen molar-refractivity contribution >= 4 is 39.5 Å². The highest BCUT2D eigenvalue weighted by Gasteiger charge is 2.40. The Morgan fingerprint density at radius 1 is 1.12 bits per heavy atom. The van der Waals surface area contributed by atoms with Gasteiger partial charge >= 0.3 is 6.03 Å². The molecule has 1 aliphatic carbocycles. The number of benzene rings is 1. The van der Waals surface area contributed by atoms with Crippen LogP contribution in [-0.4, -0.2) is 74.0 Å². The van der Waals surface area contributed by atoms with Gasteiger partial charge in [0.15, 0.2) is 0 Å². The summed E-state index contributed by atoms with van der Waals surface area (Å²) in [5.74, 6) is 0.792. The van der Waals surface area contributed by atoms with Crippen molar-refractivity contribution in [3.63, 3.8) is 0 Å². The molecule has 3 amide bonds. The van der Waals surface area contributed by atoms with Gasteiger partial charge in [0.25, 0.3) is 0 Å². The predicted octanol–water partition coefficient (Wildman–Crippen LogP) is 4.89. The molecule has 42 heavy (non-hydrogen) atoms. The van der Waals surface area contributed by atoms with Crippen LogP contribution in [0.5, 0.6) is 0 Å². The summed E-state index contributed by atoms with van der Waals surface area (Å²) in [4.78, 5) is 40.4. The van der Waals surface area contributed by atoms with E-state index in [0.717, 1.165) is 47.4 Å². The van der Waals surface area contributed by atoms with E-state index in [1.807, 2.05) is 52.2 Å². The summed E-state index contributed by atoms with van der Waals surface area (Å²) in [5, 5.41) is 6.88. The van der Waals surface area contributed by atoms with Gasteiger partial charge in [0, 0.05) is 66.3 Å². The van der Waals surface area contributed by atoms with E-state index in [1.165, 1.54) is 11.1 Å². The SMILES string of the molecule is Cc1nccn1CCCNC(=O)[C@H]1CN(C2c3ccc(Cl)cc3CCc3cc(Br)cnc32)CCN1C(=O)NC(C)(C)C. The summed E-state index contributed by atoms with van der Waals surface area (Å²) in [6.07, 6.45) is 8.02. The molecule has 1 saturated heterocycles. The summed E-state index contributed by atoms with van der Waals surface area (Å²) in [6, 6.07) is 7.16. The monoisotopic (exact) mass is 655 g/mol. The van der Waals surface area contributed by atoms with Crippen molar-refractivity contribution in [1.82, 2.24) is 35.0 Å². The molecule has 3 aromatic rings. The number of carbonyl (C=O) groups excluding carboxylic acids is 2. The Hall–Kier alpha value is -2.95. The maximum Gasteiger partial charge on any atom is 0.318 e. The van der Waals surface area contributed by atoms with E-state index in [2.05, 4.69) is 53.1 Å². The van der Waals surface area contributed by atoms with Crippen LogP contribution in [-0.2, 0) is 24.2 Å². The van der Waals surface area contributed by atoms with Crippen molar-refractivity contribution in [2.24, 2.45) is 0 Å². The van der Waals surface area contributed by atoms with E-state index >= 15 is 0 Å². The summed E-state index contributed by atoms with van der Waals surface area (Å²) in [7, 11) is 0. The number of fused-ring (bicyclic) bond motifs is 2.